The van der Waals surface area contributed by atoms with E-state index in [-0.39, 0.29) is 12.4 Å². The van der Waals surface area contributed by atoms with Crippen LogP contribution in [-0.4, -0.2) is 33.5 Å². The first-order chi connectivity index (χ1) is 11.4. The molecule has 1 aromatic heterocycles. The van der Waals surface area contributed by atoms with Crippen molar-refractivity contribution in [3.05, 3.63) is 38.7 Å². The number of fused-ring (bicyclic) bond motifs is 1. The number of benzene rings is 1. The van der Waals surface area contributed by atoms with E-state index < -0.39 is 5.97 Å². The van der Waals surface area contributed by atoms with Gasteiger partial charge in [0.15, 0.2) is 4.77 Å². The Labute approximate surface area is 151 Å². The number of halogens is 1. The molecule has 0 bridgehead atoms. The maximum atomic E-state index is 11.7. The van der Waals surface area contributed by atoms with Crippen molar-refractivity contribution in [1.82, 2.24) is 9.13 Å². The van der Waals surface area contributed by atoms with Crippen LogP contribution in [0.4, 0.5) is 5.69 Å². The van der Waals surface area contributed by atoms with E-state index in [4.69, 9.17) is 17.0 Å². The van der Waals surface area contributed by atoms with Crippen molar-refractivity contribution >= 4 is 57.7 Å². The number of aliphatic imine (C=N–C) groups is 1. The van der Waals surface area contributed by atoms with E-state index in [1.165, 1.54) is 16.2 Å². The van der Waals surface area contributed by atoms with E-state index in [1.54, 1.807) is 19.3 Å². The van der Waals surface area contributed by atoms with Crippen LogP contribution in [0, 0.1) is 4.77 Å². The molecule has 0 aliphatic carbocycles. The molecule has 1 aromatic carbocycles. The number of rotatable bonds is 3. The lowest BCUT2D eigenvalue weighted by Gasteiger charge is -2.05. The molecular formula is C16H14BrN3O3S. The van der Waals surface area contributed by atoms with Gasteiger partial charge in [0.2, 0.25) is 5.88 Å². The van der Waals surface area contributed by atoms with Gasteiger partial charge in [-0.25, -0.2) is 0 Å². The standard InChI is InChI=1S/C16H14BrN3O3S/c1-19-15(22)13(20(16(19)24)8-14(21)23-2)5-9-7-18-12-4-3-10(17)6-11(9)12/h3-7,22H,8H2,1-2H3. The zero-order valence-electron chi connectivity index (χ0n) is 13.0. The Morgan fingerprint density at radius 2 is 2.25 bits per heavy atom. The minimum atomic E-state index is -0.445. The largest absolute Gasteiger partial charge is 0.493 e. The molecule has 0 saturated carbocycles. The summed E-state index contributed by atoms with van der Waals surface area (Å²) >= 11 is 8.74. The minimum Gasteiger partial charge on any atom is -0.493 e. The molecule has 1 aliphatic heterocycles. The predicted molar refractivity (Wildman–Crippen MR) is 98.1 cm³/mol. The highest BCUT2D eigenvalue weighted by Gasteiger charge is 2.19. The molecule has 0 fully saturated rings. The monoisotopic (exact) mass is 407 g/mol. The first-order valence-electron chi connectivity index (χ1n) is 7.03. The molecule has 3 rings (SSSR count). The highest BCUT2D eigenvalue weighted by molar-refractivity contribution is 9.10. The number of hydrogen-bond acceptors (Lipinski definition) is 5. The average molecular weight is 408 g/mol. The van der Waals surface area contributed by atoms with Crippen molar-refractivity contribution in [2.24, 2.45) is 12.0 Å². The summed E-state index contributed by atoms with van der Waals surface area (Å²) in [5.41, 5.74) is 3.03. The maximum Gasteiger partial charge on any atom is 0.325 e. The van der Waals surface area contributed by atoms with Crippen molar-refractivity contribution in [2.75, 3.05) is 7.11 Å². The molecule has 0 amide bonds. The number of hydrogen-bond donors (Lipinski definition) is 1. The van der Waals surface area contributed by atoms with Crippen LogP contribution in [0.15, 0.2) is 27.7 Å². The Morgan fingerprint density at radius 1 is 1.50 bits per heavy atom. The van der Waals surface area contributed by atoms with E-state index in [0.29, 0.717) is 10.5 Å². The van der Waals surface area contributed by atoms with Gasteiger partial charge in [-0.3, -0.25) is 14.4 Å². The third kappa shape index (κ3) is 2.83. The molecule has 1 N–H and O–H groups in total. The lowest BCUT2D eigenvalue weighted by atomic mass is 10.1. The summed E-state index contributed by atoms with van der Waals surface area (Å²) in [4.78, 5) is 16.0. The molecule has 1 aliphatic rings. The number of methoxy groups -OCH3 is 1. The maximum absolute atomic E-state index is 11.7. The van der Waals surface area contributed by atoms with Gasteiger partial charge >= 0.3 is 5.97 Å². The summed E-state index contributed by atoms with van der Waals surface area (Å²) in [6.07, 6.45) is 3.48. The van der Waals surface area contributed by atoms with E-state index in [2.05, 4.69) is 20.9 Å². The normalized spacial score (nSPS) is 14.2. The van der Waals surface area contributed by atoms with Crippen molar-refractivity contribution in [2.45, 2.75) is 6.54 Å². The van der Waals surface area contributed by atoms with Gasteiger partial charge in [-0.1, -0.05) is 15.9 Å². The van der Waals surface area contributed by atoms with Crippen molar-refractivity contribution in [3.63, 3.8) is 0 Å². The predicted octanol–water partition coefficient (Wildman–Crippen LogP) is 3.45. The zero-order valence-corrected chi connectivity index (χ0v) is 15.4. The molecule has 8 heteroatoms. The van der Waals surface area contributed by atoms with Crippen LogP contribution >= 0.6 is 28.1 Å². The molecule has 0 unspecified atom stereocenters. The number of esters is 1. The van der Waals surface area contributed by atoms with E-state index in [1.807, 2.05) is 18.2 Å². The Hall–Kier alpha value is -2.19. The number of aromatic nitrogens is 2. The molecule has 124 valence electrons. The lowest BCUT2D eigenvalue weighted by molar-refractivity contribution is -0.141. The summed E-state index contributed by atoms with van der Waals surface area (Å²) < 4.78 is 8.94. The summed E-state index contributed by atoms with van der Waals surface area (Å²) in [7, 11) is 2.95. The van der Waals surface area contributed by atoms with Gasteiger partial charge in [-0.2, -0.15) is 0 Å². The van der Waals surface area contributed by atoms with Crippen molar-refractivity contribution < 1.29 is 14.6 Å². The summed E-state index contributed by atoms with van der Waals surface area (Å²) in [6, 6.07) is 5.77. The van der Waals surface area contributed by atoms with Gasteiger partial charge in [0, 0.05) is 28.9 Å². The van der Waals surface area contributed by atoms with Crippen molar-refractivity contribution in [1.29, 1.82) is 0 Å². The number of imidazole rings is 1. The van der Waals surface area contributed by atoms with Crippen molar-refractivity contribution in [3.8, 4) is 5.88 Å². The topological polar surface area (TPSA) is 68.8 Å². The van der Waals surface area contributed by atoms with Crippen LogP contribution < -0.4 is 0 Å². The van der Waals surface area contributed by atoms with Crippen LogP contribution in [0.3, 0.4) is 0 Å². The molecular weight excluding hydrogens is 394 g/mol. The third-order valence-electron chi connectivity index (χ3n) is 3.77. The Kier molecular flexibility index (Phi) is 4.42. The van der Waals surface area contributed by atoms with Crippen LogP contribution in [0.2, 0.25) is 0 Å². The second-order valence-corrected chi connectivity index (χ2v) is 6.51. The SMILES string of the molecule is COC(=O)Cn1c(C=C2C=Nc3ccc(Br)cc32)c(O)n(C)c1=S. The second kappa shape index (κ2) is 6.37. The number of carbonyl (C=O) groups is 1. The van der Waals surface area contributed by atoms with Gasteiger partial charge in [-0.15, -0.1) is 0 Å². The first-order valence-corrected chi connectivity index (χ1v) is 8.23. The third-order valence-corrected chi connectivity index (χ3v) is 4.76. The lowest BCUT2D eigenvalue weighted by Crippen LogP contribution is -2.13. The van der Waals surface area contributed by atoms with Gasteiger partial charge in [-0.05, 0) is 36.5 Å². The molecule has 0 atom stereocenters. The van der Waals surface area contributed by atoms with Gasteiger partial charge in [0.1, 0.15) is 12.2 Å². The molecule has 6 nitrogen and oxygen atoms in total. The van der Waals surface area contributed by atoms with Crippen LogP contribution in [0.1, 0.15) is 11.3 Å². The number of nitrogens with zero attached hydrogens (tertiary/aromatic N) is 3. The minimum absolute atomic E-state index is 0.0201. The fraction of sp³-hybridized carbons (Fsp3) is 0.188. The first kappa shape index (κ1) is 16.7. The highest BCUT2D eigenvalue weighted by Crippen LogP contribution is 2.35. The van der Waals surface area contributed by atoms with Crippen LogP contribution in [0.5, 0.6) is 5.88 Å². The van der Waals surface area contributed by atoms with Gasteiger partial charge in [0.25, 0.3) is 0 Å². The molecule has 0 radical (unpaired) electrons. The molecule has 0 spiro atoms. The van der Waals surface area contributed by atoms with Crippen LogP contribution in [0.25, 0.3) is 11.6 Å². The molecule has 0 saturated heterocycles. The number of ether oxygens (including phenoxy) is 1. The Morgan fingerprint density at radius 3 is 2.96 bits per heavy atom. The second-order valence-electron chi connectivity index (χ2n) is 5.23. The zero-order chi connectivity index (χ0) is 17.4. The number of aromatic hydroxyl groups is 1. The Bertz CT molecular complexity index is 956. The van der Waals surface area contributed by atoms with E-state index in [9.17, 15) is 9.90 Å². The fourth-order valence-corrected chi connectivity index (χ4v) is 3.09. The number of carbonyl (C=O) groups excluding carboxylic acids is 1. The van der Waals surface area contributed by atoms with Gasteiger partial charge < -0.3 is 14.4 Å². The molecule has 2 aromatic rings. The summed E-state index contributed by atoms with van der Waals surface area (Å²) in [6.45, 7) is -0.0780. The molecule has 2 heterocycles. The quantitative estimate of drug-likeness (QED) is 0.624. The molecule has 24 heavy (non-hydrogen) atoms. The fourth-order valence-electron chi connectivity index (χ4n) is 2.48. The van der Waals surface area contributed by atoms with E-state index >= 15 is 0 Å². The van der Waals surface area contributed by atoms with Crippen LogP contribution in [-0.2, 0) is 23.1 Å². The highest BCUT2D eigenvalue weighted by atomic mass is 79.9. The number of allylic oxidation sites excluding steroid dienone is 1. The Balaban J connectivity index is 2.14. The van der Waals surface area contributed by atoms with E-state index in [0.717, 1.165) is 21.3 Å². The summed E-state index contributed by atoms with van der Waals surface area (Å²) in [5.74, 6) is -0.465. The average Bonchev–Trinajstić information content (AvgIpc) is 3.05. The smallest absolute Gasteiger partial charge is 0.325 e. The van der Waals surface area contributed by atoms with Gasteiger partial charge in [0.05, 0.1) is 12.8 Å². The summed E-state index contributed by atoms with van der Waals surface area (Å²) in [5, 5.41) is 10.4.